The SMILES string of the molecule is COC(=O)Oc1cccc2c3cc(-c4ccccc4)n(CC(=O)O)c(=O)c3n(Cc3ccccc3)c12. The fourth-order valence-electron chi connectivity index (χ4n) is 4.51. The lowest BCUT2D eigenvalue weighted by Crippen LogP contribution is -2.27. The zero-order chi connectivity index (χ0) is 25.2. The summed E-state index contributed by atoms with van der Waals surface area (Å²) in [6.07, 6.45) is -0.882. The van der Waals surface area contributed by atoms with Gasteiger partial charge in [0.2, 0.25) is 0 Å². The van der Waals surface area contributed by atoms with Crippen molar-refractivity contribution in [2.45, 2.75) is 13.1 Å². The van der Waals surface area contributed by atoms with E-state index in [1.165, 1.54) is 11.7 Å². The van der Waals surface area contributed by atoms with Gasteiger partial charge in [0.15, 0.2) is 5.75 Å². The number of carboxylic acid groups (broad SMARTS) is 1. The number of hydrogen-bond acceptors (Lipinski definition) is 5. The van der Waals surface area contributed by atoms with Gasteiger partial charge in [0, 0.05) is 17.3 Å². The van der Waals surface area contributed by atoms with Crippen LogP contribution in [0, 0.1) is 0 Å². The molecule has 0 amide bonds. The number of carboxylic acids is 1. The Balaban J connectivity index is 1.90. The molecule has 0 bridgehead atoms. The summed E-state index contributed by atoms with van der Waals surface area (Å²) < 4.78 is 13.2. The average molecular weight is 482 g/mol. The van der Waals surface area contributed by atoms with E-state index in [0.29, 0.717) is 39.6 Å². The Bertz CT molecular complexity index is 1650. The second-order valence-electron chi connectivity index (χ2n) is 8.22. The molecule has 0 aliphatic heterocycles. The molecule has 36 heavy (non-hydrogen) atoms. The molecule has 2 aromatic heterocycles. The Labute approximate surface area is 205 Å². The molecule has 0 spiro atoms. The number of fused-ring (bicyclic) bond motifs is 3. The van der Waals surface area contributed by atoms with Gasteiger partial charge in [-0.3, -0.25) is 14.2 Å². The Hall–Kier alpha value is -4.85. The molecular weight excluding hydrogens is 460 g/mol. The molecular formula is C28H22N2O6. The molecule has 0 unspecified atom stereocenters. The van der Waals surface area contributed by atoms with Gasteiger partial charge in [-0.2, -0.15) is 0 Å². The normalized spacial score (nSPS) is 11.0. The second-order valence-corrected chi connectivity index (χ2v) is 8.22. The molecule has 180 valence electrons. The molecule has 0 radical (unpaired) electrons. The van der Waals surface area contributed by atoms with E-state index in [2.05, 4.69) is 0 Å². The van der Waals surface area contributed by atoms with Crippen LogP contribution in [0.3, 0.4) is 0 Å². The number of benzene rings is 3. The minimum absolute atomic E-state index is 0.233. The number of carbonyl (C=O) groups is 2. The first-order chi connectivity index (χ1) is 17.5. The lowest BCUT2D eigenvalue weighted by Gasteiger charge is -2.14. The summed E-state index contributed by atoms with van der Waals surface area (Å²) in [5.74, 6) is -0.897. The smallest absolute Gasteiger partial charge is 0.480 e. The van der Waals surface area contributed by atoms with E-state index in [9.17, 15) is 19.5 Å². The topological polar surface area (TPSA) is 99.8 Å². The third-order valence-corrected chi connectivity index (χ3v) is 6.01. The number of rotatable bonds is 6. The van der Waals surface area contributed by atoms with Crippen LogP contribution in [0.1, 0.15) is 5.56 Å². The van der Waals surface area contributed by atoms with E-state index in [1.54, 1.807) is 16.7 Å². The number of pyridine rings is 1. The van der Waals surface area contributed by atoms with E-state index in [-0.39, 0.29) is 5.75 Å². The molecule has 8 nitrogen and oxygen atoms in total. The van der Waals surface area contributed by atoms with Gasteiger partial charge in [-0.15, -0.1) is 0 Å². The van der Waals surface area contributed by atoms with Crippen LogP contribution < -0.4 is 10.3 Å². The van der Waals surface area contributed by atoms with Crippen LogP contribution in [0.4, 0.5) is 4.79 Å². The molecule has 3 aromatic carbocycles. The lowest BCUT2D eigenvalue weighted by molar-refractivity contribution is -0.137. The van der Waals surface area contributed by atoms with Crippen molar-refractivity contribution in [1.82, 2.24) is 9.13 Å². The van der Waals surface area contributed by atoms with Crippen molar-refractivity contribution >= 4 is 33.9 Å². The summed E-state index contributed by atoms with van der Waals surface area (Å²) in [4.78, 5) is 37.7. The number of methoxy groups -OCH3 is 1. The molecule has 0 saturated heterocycles. The van der Waals surface area contributed by atoms with Gasteiger partial charge < -0.3 is 19.1 Å². The van der Waals surface area contributed by atoms with Crippen LogP contribution in [-0.2, 0) is 22.6 Å². The molecule has 0 fully saturated rings. The summed E-state index contributed by atoms with van der Waals surface area (Å²) in [7, 11) is 1.22. The van der Waals surface area contributed by atoms with Crippen molar-refractivity contribution in [3.63, 3.8) is 0 Å². The number of ether oxygens (including phenoxy) is 2. The summed E-state index contributed by atoms with van der Waals surface area (Å²) in [6, 6.07) is 25.7. The minimum atomic E-state index is -1.13. The van der Waals surface area contributed by atoms with Crippen LogP contribution in [-0.4, -0.2) is 33.5 Å². The third kappa shape index (κ3) is 4.09. The average Bonchev–Trinajstić information content (AvgIpc) is 3.20. The Morgan fingerprint density at radius 3 is 2.19 bits per heavy atom. The quantitative estimate of drug-likeness (QED) is 0.273. The molecule has 0 aliphatic rings. The van der Waals surface area contributed by atoms with Crippen LogP contribution in [0.5, 0.6) is 5.75 Å². The van der Waals surface area contributed by atoms with Gasteiger partial charge in [0.05, 0.1) is 18.3 Å². The van der Waals surface area contributed by atoms with Crippen molar-refractivity contribution in [3.05, 3.63) is 101 Å². The molecule has 8 heteroatoms. The maximum Gasteiger partial charge on any atom is 0.513 e. The van der Waals surface area contributed by atoms with Crippen LogP contribution in [0.2, 0.25) is 0 Å². The van der Waals surface area contributed by atoms with Gasteiger partial charge in [-0.05, 0) is 23.3 Å². The number of para-hydroxylation sites is 1. The fourth-order valence-corrected chi connectivity index (χ4v) is 4.51. The first kappa shape index (κ1) is 22.9. The highest BCUT2D eigenvalue weighted by Crippen LogP contribution is 2.36. The van der Waals surface area contributed by atoms with E-state index in [0.717, 1.165) is 5.56 Å². The maximum atomic E-state index is 14.0. The highest BCUT2D eigenvalue weighted by Gasteiger charge is 2.23. The number of aliphatic carboxylic acids is 1. The second kappa shape index (κ2) is 9.42. The number of nitrogens with zero attached hydrogens (tertiary/aromatic N) is 2. The molecule has 5 rings (SSSR count). The number of aromatic nitrogens is 2. The first-order valence-electron chi connectivity index (χ1n) is 11.2. The number of carbonyl (C=O) groups excluding carboxylic acids is 1. The van der Waals surface area contributed by atoms with Gasteiger partial charge >= 0.3 is 12.1 Å². The van der Waals surface area contributed by atoms with Crippen molar-refractivity contribution in [1.29, 1.82) is 0 Å². The number of hydrogen-bond donors (Lipinski definition) is 1. The van der Waals surface area contributed by atoms with Crippen LogP contribution >= 0.6 is 0 Å². The summed E-state index contributed by atoms with van der Waals surface area (Å²) in [5.41, 5.74) is 2.50. The van der Waals surface area contributed by atoms with Gasteiger partial charge in [0.25, 0.3) is 5.56 Å². The molecule has 2 heterocycles. The molecule has 1 N–H and O–H groups in total. The van der Waals surface area contributed by atoms with Gasteiger partial charge in [-0.1, -0.05) is 72.8 Å². The monoisotopic (exact) mass is 482 g/mol. The van der Waals surface area contributed by atoms with Crippen molar-refractivity contribution in [2.75, 3.05) is 7.11 Å². The zero-order valence-corrected chi connectivity index (χ0v) is 19.4. The van der Waals surface area contributed by atoms with Crippen LogP contribution in [0.25, 0.3) is 33.1 Å². The third-order valence-electron chi connectivity index (χ3n) is 6.01. The highest BCUT2D eigenvalue weighted by atomic mass is 16.7. The highest BCUT2D eigenvalue weighted by molar-refractivity contribution is 6.11. The zero-order valence-electron chi connectivity index (χ0n) is 19.4. The first-order valence-corrected chi connectivity index (χ1v) is 11.2. The van der Waals surface area contributed by atoms with E-state index >= 15 is 0 Å². The van der Waals surface area contributed by atoms with E-state index < -0.39 is 24.2 Å². The summed E-state index contributed by atoms with van der Waals surface area (Å²) in [6.45, 7) is -0.202. The molecule has 0 saturated carbocycles. The minimum Gasteiger partial charge on any atom is -0.480 e. The molecule has 5 aromatic rings. The largest absolute Gasteiger partial charge is 0.513 e. The van der Waals surface area contributed by atoms with Crippen molar-refractivity contribution in [2.24, 2.45) is 0 Å². The summed E-state index contributed by atoms with van der Waals surface area (Å²) in [5, 5.41) is 10.9. The Morgan fingerprint density at radius 2 is 1.53 bits per heavy atom. The Morgan fingerprint density at radius 1 is 0.833 bits per heavy atom. The van der Waals surface area contributed by atoms with Crippen molar-refractivity contribution in [3.8, 4) is 17.0 Å². The van der Waals surface area contributed by atoms with Crippen LogP contribution in [0.15, 0.2) is 89.7 Å². The maximum absolute atomic E-state index is 14.0. The van der Waals surface area contributed by atoms with Gasteiger partial charge in [-0.25, -0.2) is 4.79 Å². The standard InChI is InChI=1S/C28H22N2O6/c1-35-28(34)36-23-14-8-13-20-21-15-22(19-11-6-3-7-12-19)29(17-24(31)32)27(33)26(21)30(25(20)23)16-18-9-4-2-5-10-18/h2-15H,16-17H2,1H3,(H,31,32). The molecule has 0 atom stereocenters. The van der Waals surface area contributed by atoms with E-state index in [4.69, 9.17) is 9.47 Å². The predicted octanol–water partition coefficient (Wildman–Crippen LogP) is 4.90. The van der Waals surface area contributed by atoms with Gasteiger partial charge in [0.1, 0.15) is 12.1 Å². The van der Waals surface area contributed by atoms with E-state index in [1.807, 2.05) is 72.8 Å². The molecule has 0 aliphatic carbocycles. The Kier molecular flexibility index (Phi) is 6.00. The predicted molar refractivity (Wildman–Crippen MR) is 135 cm³/mol. The summed E-state index contributed by atoms with van der Waals surface area (Å²) >= 11 is 0. The lowest BCUT2D eigenvalue weighted by atomic mass is 10.1. The fraction of sp³-hybridized carbons (Fsp3) is 0.107. The van der Waals surface area contributed by atoms with Crippen molar-refractivity contribution < 1.29 is 24.2 Å².